The van der Waals surface area contributed by atoms with Gasteiger partial charge in [-0.25, -0.2) is 4.39 Å². The molecule has 1 fully saturated rings. The second kappa shape index (κ2) is 7.35. The summed E-state index contributed by atoms with van der Waals surface area (Å²) < 4.78 is 12.8. The fraction of sp³-hybridized carbons (Fsp3) is 0.500. The number of likely N-dealkylation sites (tertiary alicyclic amines) is 1. The van der Waals surface area contributed by atoms with Crippen molar-refractivity contribution < 1.29 is 19.1 Å². The molecule has 22 heavy (non-hydrogen) atoms. The zero-order valence-corrected chi connectivity index (χ0v) is 12.6. The van der Waals surface area contributed by atoms with Gasteiger partial charge in [-0.3, -0.25) is 14.5 Å². The number of carboxylic acids is 1. The molecule has 0 spiro atoms. The number of rotatable bonds is 5. The Morgan fingerprint density at radius 3 is 2.73 bits per heavy atom. The normalized spacial score (nSPS) is 20.4. The van der Waals surface area contributed by atoms with Crippen molar-refractivity contribution in [3.8, 4) is 0 Å². The molecule has 0 bridgehead atoms. The van der Waals surface area contributed by atoms with Crippen LogP contribution in [0.1, 0.15) is 25.3 Å². The smallest absolute Gasteiger partial charge is 0.307 e. The summed E-state index contributed by atoms with van der Waals surface area (Å²) in [6.45, 7) is 3.25. The van der Waals surface area contributed by atoms with Crippen LogP contribution in [0.2, 0.25) is 0 Å². The maximum Gasteiger partial charge on any atom is 0.307 e. The highest BCUT2D eigenvalue weighted by molar-refractivity contribution is 5.81. The topological polar surface area (TPSA) is 69.6 Å². The fourth-order valence-corrected chi connectivity index (χ4v) is 2.66. The lowest BCUT2D eigenvalue weighted by molar-refractivity contribution is -0.145. The summed E-state index contributed by atoms with van der Waals surface area (Å²) in [5, 5.41) is 11.9. The van der Waals surface area contributed by atoms with Crippen molar-refractivity contribution >= 4 is 11.9 Å². The summed E-state index contributed by atoms with van der Waals surface area (Å²) in [4.78, 5) is 25.2. The van der Waals surface area contributed by atoms with Crippen LogP contribution in [0.4, 0.5) is 4.39 Å². The number of carbonyl (C=O) groups is 2. The maximum atomic E-state index is 12.8. The van der Waals surface area contributed by atoms with E-state index in [-0.39, 0.29) is 17.8 Å². The number of aliphatic carboxylic acids is 1. The molecule has 6 heteroatoms. The number of nitrogens with one attached hydrogen (secondary N) is 1. The van der Waals surface area contributed by atoms with E-state index in [4.69, 9.17) is 5.11 Å². The van der Waals surface area contributed by atoms with E-state index in [2.05, 4.69) is 5.32 Å². The number of benzene rings is 1. The van der Waals surface area contributed by atoms with Crippen molar-refractivity contribution in [1.82, 2.24) is 10.2 Å². The summed E-state index contributed by atoms with van der Waals surface area (Å²) in [5.41, 5.74) is 0.823. The highest BCUT2D eigenvalue weighted by atomic mass is 19.1. The number of amides is 1. The molecule has 2 N–H and O–H groups in total. The summed E-state index contributed by atoms with van der Waals surface area (Å²) in [5.74, 6) is -1.66. The molecule has 2 atom stereocenters. The summed E-state index contributed by atoms with van der Waals surface area (Å²) in [6.07, 6.45) is 1.45. The molecule has 1 amide bonds. The Balaban J connectivity index is 1.86. The van der Waals surface area contributed by atoms with Crippen LogP contribution in [0.5, 0.6) is 0 Å². The Hall–Kier alpha value is -1.95. The van der Waals surface area contributed by atoms with E-state index < -0.39 is 11.9 Å². The van der Waals surface area contributed by atoms with Gasteiger partial charge in [0, 0.05) is 13.1 Å². The Morgan fingerprint density at radius 1 is 1.41 bits per heavy atom. The summed E-state index contributed by atoms with van der Waals surface area (Å²) >= 11 is 0. The van der Waals surface area contributed by atoms with Crippen LogP contribution in [-0.2, 0) is 16.1 Å². The van der Waals surface area contributed by atoms with Gasteiger partial charge in [-0.1, -0.05) is 12.1 Å². The molecule has 1 heterocycles. The Labute approximate surface area is 129 Å². The Morgan fingerprint density at radius 2 is 2.09 bits per heavy atom. The van der Waals surface area contributed by atoms with Crippen molar-refractivity contribution in [1.29, 1.82) is 0 Å². The Bertz CT molecular complexity index is 533. The van der Waals surface area contributed by atoms with E-state index in [9.17, 15) is 14.0 Å². The van der Waals surface area contributed by atoms with Crippen LogP contribution in [0.3, 0.4) is 0 Å². The molecule has 0 saturated carbocycles. The van der Waals surface area contributed by atoms with Gasteiger partial charge in [0.1, 0.15) is 5.82 Å². The average Bonchev–Trinajstić information content (AvgIpc) is 2.53. The molecule has 1 saturated heterocycles. The molecule has 1 aliphatic heterocycles. The minimum Gasteiger partial charge on any atom is -0.481 e. The van der Waals surface area contributed by atoms with E-state index in [1.807, 2.05) is 4.90 Å². The van der Waals surface area contributed by atoms with Crippen LogP contribution in [0.15, 0.2) is 24.3 Å². The zero-order chi connectivity index (χ0) is 16.1. The van der Waals surface area contributed by atoms with Gasteiger partial charge in [0.15, 0.2) is 0 Å². The summed E-state index contributed by atoms with van der Waals surface area (Å²) in [7, 11) is 0. The van der Waals surface area contributed by atoms with Crippen LogP contribution < -0.4 is 5.32 Å². The first-order chi connectivity index (χ1) is 10.5. The third-order valence-electron chi connectivity index (χ3n) is 4.11. The van der Waals surface area contributed by atoms with Gasteiger partial charge in [-0.2, -0.15) is 0 Å². The minimum absolute atomic E-state index is 0.143. The van der Waals surface area contributed by atoms with Crippen LogP contribution in [0, 0.1) is 11.7 Å². The first-order valence-corrected chi connectivity index (χ1v) is 7.46. The van der Waals surface area contributed by atoms with Gasteiger partial charge >= 0.3 is 5.97 Å². The lowest BCUT2D eigenvalue weighted by atomic mass is 9.97. The second-order valence-corrected chi connectivity index (χ2v) is 5.69. The molecule has 1 aromatic carbocycles. The first-order valence-electron chi connectivity index (χ1n) is 7.46. The van der Waals surface area contributed by atoms with Crippen LogP contribution in [0.25, 0.3) is 0 Å². The van der Waals surface area contributed by atoms with E-state index in [1.54, 1.807) is 19.1 Å². The number of halogens is 1. The number of carbonyl (C=O) groups excluding carboxylic acids is 1. The third kappa shape index (κ3) is 4.27. The predicted molar refractivity (Wildman–Crippen MR) is 79.6 cm³/mol. The van der Waals surface area contributed by atoms with Gasteiger partial charge in [0.05, 0.1) is 12.0 Å². The number of hydrogen-bond donors (Lipinski definition) is 2. The first kappa shape index (κ1) is 16.4. The van der Waals surface area contributed by atoms with Gasteiger partial charge in [-0.05, 0) is 44.0 Å². The molecule has 1 aromatic rings. The van der Waals surface area contributed by atoms with Crippen molar-refractivity contribution in [2.75, 3.05) is 13.1 Å². The molecule has 2 rings (SSSR count). The molecule has 1 aliphatic rings. The van der Waals surface area contributed by atoms with Crippen LogP contribution in [-0.4, -0.2) is 41.0 Å². The lowest BCUT2D eigenvalue weighted by Gasteiger charge is -2.34. The van der Waals surface area contributed by atoms with Gasteiger partial charge in [0.2, 0.25) is 5.91 Å². The monoisotopic (exact) mass is 308 g/mol. The quantitative estimate of drug-likeness (QED) is 0.867. The summed E-state index contributed by atoms with van der Waals surface area (Å²) in [6, 6.07) is 5.59. The molecular formula is C16H21FN2O3. The molecule has 0 radical (unpaired) electrons. The second-order valence-electron chi connectivity index (χ2n) is 5.69. The van der Waals surface area contributed by atoms with E-state index >= 15 is 0 Å². The standard InChI is InChI=1S/C16H21FN2O3/c1-11(19-8-2-3-13(10-19)16(21)22)15(20)18-9-12-4-6-14(17)7-5-12/h4-7,11,13H,2-3,8-10H2,1H3,(H,18,20)(H,21,22). The van der Waals surface area contributed by atoms with Crippen molar-refractivity contribution in [2.45, 2.75) is 32.4 Å². The number of nitrogens with zero attached hydrogens (tertiary/aromatic N) is 1. The van der Waals surface area contributed by atoms with Crippen molar-refractivity contribution in [2.24, 2.45) is 5.92 Å². The van der Waals surface area contributed by atoms with Gasteiger partial charge in [-0.15, -0.1) is 0 Å². The van der Waals surface area contributed by atoms with Gasteiger partial charge in [0.25, 0.3) is 0 Å². The zero-order valence-electron chi connectivity index (χ0n) is 12.6. The SMILES string of the molecule is CC(C(=O)NCc1ccc(F)cc1)N1CCCC(C(=O)O)C1. The molecule has 2 unspecified atom stereocenters. The van der Waals surface area contributed by atoms with Crippen LogP contribution >= 0.6 is 0 Å². The molecule has 0 aromatic heterocycles. The van der Waals surface area contributed by atoms with Gasteiger partial charge < -0.3 is 10.4 Å². The largest absolute Gasteiger partial charge is 0.481 e. The molecule has 0 aliphatic carbocycles. The van der Waals surface area contributed by atoms with E-state index in [0.29, 0.717) is 19.5 Å². The maximum absolute atomic E-state index is 12.8. The van der Waals surface area contributed by atoms with E-state index in [0.717, 1.165) is 18.5 Å². The predicted octanol–water partition coefficient (Wildman–Crippen LogP) is 1.63. The third-order valence-corrected chi connectivity index (χ3v) is 4.11. The molecule has 120 valence electrons. The number of carboxylic acid groups (broad SMARTS) is 1. The molecular weight excluding hydrogens is 287 g/mol. The van der Waals surface area contributed by atoms with E-state index in [1.165, 1.54) is 12.1 Å². The van der Waals surface area contributed by atoms with Crippen molar-refractivity contribution in [3.63, 3.8) is 0 Å². The average molecular weight is 308 g/mol. The Kier molecular flexibility index (Phi) is 5.49. The minimum atomic E-state index is -0.802. The molecule has 5 nitrogen and oxygen atoms in total. The fourth-order valence-electron chi connectivity index (χ4n) is 2.66. The number of hydrogen-bond acceptors (Lipinski definition) is 3. The van der Waals surface area contributed by atoms with Crippen molar-refractivity contribution in [3.05, 3.63) is 35.6 Å². The highest BCUT2D eigenvalue weighted by Gasteiger charge is 2.30. The highest BCUT2D eigenvalue weighted by Crippen LogP contribution is 2.18. The lowest BCUT2D eigenvalue weighted by Crippen LogP contribution is -2.50. The number of piperidine rings is 1.